The van der Waals surface area contributed by atoms with Gasteiger partial charge in [0.25, 0.3) is 4.96 Å². The fourth-order valence-electron chi connectivity index (χ4n) is 2.12. The van der Waals surface area contributed by atoms with E-state index in [2.05, 4.69) is 25.5 Å². The Morgan fingerprint density at radius 3 is 3.04 bits per heavy atom. The molecule has 0 spiro atoms. The van der Waals surface area contributed by atoms with Crippen LogP contribution in [0.5, 0.6) is 0 Å². The first-order chi connectivity index (χ1) is 11.2. The lowest BCUT2D eigenvalue weighted by Crippen LogP contribution is -2.04. The van der Waals surface area contributed by atoms with Crippen LogP contribution in [0.25, 0.3) is 15.7 Å². The molecule has 4 rings (SSSR count). The summed E-state index contributed by atoms with van der Waals surface area (Å²) in [5, 5.41) is 24.9. The summed E-state index contributed by atoms with van der Waals surface area (Å²) in [5.41, 5.74) is 0. The van der Waals surface area contributed by atoms with E-state index in [1.165, 1.54) is 15.7 Å². The fourth-order valence-corrected chi connectivity index (χ4v) is 3.49. The van der Waals surface area contributed by atoms with Crippen LogP contribution >= 0.6 is 22.7 Å². The summed E-state index contributed by atoms with van der Waals surface area (Å²) in [4.78, 5) is 20.9. The smallest absolute Gasteiger partial charge is 0.358 e. The third-order valence-corrected chi connectivity index (χ3v) is 4.73. The second-order valence-electron chi connectivity index (χ2n) is 4.53. The zero-order valence-corrected chi connectivity index (χ0v) is 13.1. The van der Waals surface area contributed by atoms with Gasteiger partial charge in [-0.05, 0) is 16.4 Å². The van der Waals surface area contributed by atoms with Gasteiger partial charge in [-0.1, -0.05) is 17.4 Å². The number of fused-ring (bicyclic) bond motifs is 1. The Hall–Kier alpha value is -2.79. The van der Waals surface area contributed by atoms with Gasteiger partial charge in [0.05, 0.1) is 11.4 Å². The molecule has 23 heavy (non-hydrogen) atoms. The predicted octanol–water partition coefficient (Wildman–Crippen LogP) is 2.76. The van der Waals surface area contributed by atoms with Crippen molar-refractivity contribution in [3.05, 3.63) is 45.0 Å². The molecule has 4 aromatic rings. The second-order valence-corrected chi connectivity index (χ2v) is 6.35. The predicted molar refractivity (Wildman–Crippen MR) is 86.7 cm³/mol. The Kier molecular flexibility index (Phi) is 3.28. The topological polar surface area (TPSA) is 114 Å². The third-order valence-electron chi connectivity index (χ3n) is 3.11. The van der Waals surface area contributed by atoms with Crippen molar-refractivity contribution in [3.63, 3.8) is 0 Å². The Balaban J connectivity index is 1.56. The first-order valence-electron chi connectivity index (χ1n) is 6.51. The zero-order chi connectivity index (χ0) is 15.8. The van der Waals surface area contributed by atoms with Crippen molar-refractivity contribution in [3.8, 4) is 10.7 Å². The van der Waals surface area contributed by atoms with Crippen molar-refractivity contribution in [2.24, 2.45) is 0 Å². The Labute approximate surface area is 136 Å². The fraction of sp³-hybridized carbons (Fsp3) is 0.0833. The molecule has 0 aliphatic heterocycles. The van der Waals surface area contributed by atoms with Gasteiger partial charge < -0.3 is 15.4 Å². The number of imidazole rings is 1. The lowest BCUT2D eigenvalue weighted by atomic mass is 10.4. The highest BCUT2D eigenvalue weighted by Gasteiger charge is 2.23. The monoisotopic (exact) mass is 347 g/mol. The highest BCUT2D eigenvalue weighted by molar-refractivity contribution is 7.15. The quantitative estimate of drug-likeness (QED) is 0.424. The van der Waals surface area contributed by atoms with E-state index in [9.17, 15) is 10.1 Å². The number of nitrogens with one attached hydrogen (secondary N) is 2. The molecule has 0 saturated heterocycles. The molecule has 0 bridgehead atoms. The molecule has 0 aromatic carbocycles. The van der Waals surface area contributed by atoms with Crippen LogP contribution in [0.2, 0.25) is 0 Å². The van der Waals surface area contributed by atoms with Gasteiger partial charge in [0.15, 0.2) is 5.82 Å². The first kappa shape index (κ1) is 13.8. The molecule has 11 heteroatoms. The van der Waals surface area contributed by atoms with E-state index >= 15 is 0 Å². The Morgan fingerprint density at radius 2 is 2.26 bits per heavy atom. The number of nitro groups is 1. The van der Waals surface area contributed by atoms with Crippen LogP contribution in [0.3, 0.4) is 0 Å². The highest BCUT2D eigenvalue weighted by atomic mass is 32.1. The maximum Gasteiger partial charge on any atom is 0.372 e. The SMILES string of the molecule is O=[N+]([O-])c1c(NCc2nc(-c3cccs3)n[nH]2)nc2sccn12. The molecule has 0 saturated carbocycles. The summed E-state index contributed by atoms with van der Waals surface area (Å²) in [5.74, 6) is 1.33. The van der Waals surface area contributed by atoms with Crippen molar-refractivity contribution >= 4 is 39.3 Å². The van der Waals surface area contributed by atoms with Crippen LogP contribution in [0.1, 0.15) is 5.82 Å². The molecule has 9 nitrogen and oxygen atoms in total. The van der Waals surface area contributed by atoms with Crippen molar-refractivity contribution < 1.29 is 4.92 Å². The molecule has 0 fully saturated rings. The van der Waals surface area contributed by atoms with E-state index in [0.717, 1.165) is 4.88 Å². The number of rotatable bonds is 5. The summed E-state index contributed by atoms with van der Waals surface area (Å²) in [6.07, 6.45) is 1.62. The molecule has 0 radical (unpaired) electrons. The molecule has 4 aromatic heterocycles. The minimum atomic E-state index is -0.452. The molecule has 2 N–H and O–H groups in total. The highest BCUT2D eigenvalue weighted by Crippen LogP contribution is 2.28. The average molecular weight is 347 g/mol. The molecule has 4 heterocycles. The molecule has 0 amide bonds. The van der Waals surface area contributed by atoms with E-state index in [-0.39, 0.29) is 18.2 Å². The largest absolute Gasteiger partial charge is 0.372 e. The molecule has 0 aliphatic rings. The Bertz CT molecular complexity index is 969. The van der Waals surface area contributed by atoms with Crippen LogP contribution in [-0.2, 0) is 6.54 Å². The van der Waals surface area contributed by atoms with Gasteiger partial charge in [-0.15, -0.1) is 11.3 Å². The first-order valence-corrected chi connectivity index (χ1v) is 8.27. The molecule has 0 unspecified atom stereocenters. The van der Waals surface area contributed by atoms with Crippen molar-refractivity contribution in [1.82, 2.24) is 24.6 Å². The van der Waals surface area contributed by atoms with Gasteiger partial charge in [0.1, 0.15) is 12.0 Å². The summed E-state index contributed by atoms with van der Waals surface area (Å²) in [7, 11) is 0. The van der Waals surface area contributed by atoms with E-state index in [1.807, 2.05) is 17.5 Å². The summed E-state index contributed by atoms with van der Waals surface area (Å²) < 4.78 is 1.45. The maximum absolute atomic E-state index is 11.2. The van der Waals surface area contributed by atoms with Gasteiger partial charge >= 0.3 is 5.82 Å². The lowest BCUT2D eigenvalue weighted by Gasteiger charge is -2.00. The molecular formula is C12H9N7O2S2. The number of nitrogens with zero attached hydrogens (tertiary/aromatic N) is 5. The van der Waals surface area contributed by atoms with E-state index in [0.29, 0.717) is 16.6 Å². The van der Waals surface area contributed by atoms with Crippen molar-refractivity contribution in [2.75, 3.05) is 5.32 Å². The van der Waals surface area contributed by atoms with Gasteiger partial charge in [-0.25, -0.2) is 4.98 Å². The van der Waals surface area contributed by atoms with Crippen molar-refractivity contribution in [2.45, 2.75) is 6.54 Å². The van der Waals surface area contributed by atoms with Crippen LogP contribution in [-0.4, -0.2) is 29.5 Å². The maximum atomic E-state index is 11.2. The van der Waals surface area contributed by atoms with Crippen molar-refractivity contribution in [1.29, 1.82) is 0 Å². The molecular weight excluding hydrogens is 338 g/mol. The summed E-state index contributed by atoms with van der Waals surface area (Å²) in [6.45, 7) is 0.268. The summed E-state index contributed by atoms with van der Waals surface area (Å²) >= 11 is 2.88. The lowest BCUT2D eigenvalue weighted by molar-refractivity contribution is -0.389. The number of hydrogen-bond acceptors (Lipinski definition) is 8. The number of aromatic amines is 1. The zero-order valence-electron chi connectivity index (χ0n) is 11.5. The number of anilines is 1. The average Bonchev–Trinajstić information content (AvgIpc) is 3.27. The number of thiazole rings is 1. The molecule has 116 valence electrons. The summed E-state index contributed by atoms with van der Waals surface area (Å²) in [6, 6.07) is 3.86. The van der Waals surface area contributed by atoms with Gasteiger partial charge in [0, 0.05) is 5.38 Å². The van der Waals surface area contributed by atoms with E-state index < -0.39 is 4.92 Å². The van der Waals surface area contributed by atoms with Crippen LogP contribution in [0.15, 0.2) is 29.1 Å². The molecule has 0 aliphatic carbocycles. The van der Waals surface area contributed by atoms with Crippen LogP contribution in [0, 0.1) is 10.1 Å². The standard InChI is InChI=1S/C12H9N7O2S2/c20-19(21)11-10(15-12-18(11)3-5-23-12)13-6-8-14-9(17-16-8)7-2-1-4-22-7/h1-5,13H,6H2,(H,14,16,17). The normalized spacial score (nSPS) is 11.1. The van der Waals surface area contributed by atoms with Gasteiger partial charge in [-0.2, -0.15) is 14.5 Å². The van der Waals surface area contributed by atoms with Gasteiger partial charge in [0.2, 0.25) is 5.82 Å². The number of H-pyrrole nitrogens is 1. The van der Waals surface area contributed by atoms with Gasteiger partial charge in [-0.3, -0.25) is 5.10 Å². The molecule has 0 atom stereocenters. The van der Waals surface area contributed by atoms with E-state index in [4.69, 9.17) is 0 Å². The Morgan fingerprint density at radius 1 is 1.35 bits per heavy atom. The number of thiophene rings is 1. The number of hydrogen-bond donors (Lipinski definition) is 2. The third kappa shape index (κ3) is 2.45. The van der Waals surface area contributed by atoms with Crippen LogP contribution < -0.4 is 5.32 Å². The number of aromatic nitrogens is 5. The second kappa shape index (κ2) is 5.44. The minimum absolute atomic E-state index is 0.0840. The van der Waals surface area contributed by atoms with E-state index in [1.54, 1.807) is 22.9 Å². The minimum Gasteiger partial charge on any atom is -0.358 e. The van der Waals surface area contributed by atoms with Crippen LogP contribution in [0.4, 0.5) is 11.6 Å².